The van der Waals surface area contributed by atoms with E-state index in [2.05, 4.69) is 5.32 Å². The Morgan fingerprint density at radius 3 is 2.42 bits per heavy atom. The fraction of sp³-hybridized carbons (Fsp3) is 0.533. The van der Waals surface area contributed by atoms with E-state index in [9.17, 15) is 4.79 Å². The van der Waals surface area contributed by atoms with Crippen molar-refractivity contribution in [2.75, 3.05) is 6.54 Å². The molecular weight excluding hydrogens is 260 g/mol. The van der Waals surface area contributed by atoms with Gasteiger partial charge in [0.25, 0.3) is 0 Å². The maximum atomic E-state index is 12.4. The molecule has 4 heteroatoms. The van der Waals surface area contributed by atoms with E-state index in [1.54, 1.807) is 0 Å². The van der Waals surface area contributed by atoms with Crippen LogP contribution in [0.5, 0.6) is 0 Å². The van der Waals surface area contributed by atoms with Crippen molar-refractivity contribution in [2.45, 2.75) is 39.7 Å². The number of halogens is 1. The van der Waals surface area contributed by atoms with Gasteiger partial charge >= 0.3 is 0 Å². The summed E-state index contributed by atoms with van der Waals surface area (Å²) in [6, 6.07) is 7.43. The van der Waals surface area contributed by atoms with Gasteiger partial charge in [-0.1, -0.05) is 43.6 Å². The molecule has 0 spiro atoms. The van der Waals surface area contributed by atoms with Gasteiger partial charge in [0.05, 0.1) is 11.5 Å². The van der Waals surface area contributed by atoms with E-state index in [1.807, 2.05) is 45.0 Å². The summed E-state index contributed by atoms with van der Waals surface area (Å²) >= 11 is 6.14. The summed E-state index contributed by atoms with van der Waals surface area (Å²) in [6.07, 6.45) is 1.47. The van der Waals surface area contributed by atoms with Crippen molar-refractivity contribution in [3.05, 3.63) is 34.9 Å². The lowest BCUT2D eigenvalue weighted by Crippen LogP contribution is -2.46. The van der Waals surface area contributed by atoms with E-state index in [0.29, 0.717) is 11.6 Å². The molecule has 0 radical (unpaired) electrons. The first kappa shape index (κ1) is 16.0. The zero-order chi connectivity index (χ0) is 14.5. The minimum atomic E-state index is -0.477. The fourth-order valence-corrected chi connectivity index (χ4v) is 2.51. The molecule has 0 saturated carbocycles. The number of nitrogens with two attached hydrogens (primary N) is 1. The molecule has 1 atom stereocenters. The van der Waals surface area contributed by atoms with Crippen LogP contribution in [0.2, 0.25) is 5.02 Å². The Morgan fingerprint density at radius 2 is 1.95 bits per heavy atom. The van der Waals surface area contributed by atoms with Crippen molar-refractivity contribution in [1.29, 1.82) is 0 Å². The molecule has 0 aliphatic heterocycles. The molecule has 0 fully saturated rings. The molecule has 1 amide bonds. The van der Waals surface area contributed by atoms with Crippen LogP contribution >= 0.6 is 11.6 Å². The van der Waals surface area contributed by atoms with E-state index in [4.69, 9.17) is 17.3 Å². The molecule has 1 rings (SSSR count). The first-order valence-corrected chi connectivity index (χ1v) is 7.14. The minimum Gasteiger partial charge on any atom is -0.349 e. The lowest BCUT2D eigenvalue weighted by molar-refractivity contribution is -0.131. The molecule has 106 valence electrons. The highest BCUT2D eigenvalue weighted by atomic mass is 35.5. The van der Waals surface area contributed by atoms with Gasteiger partial charge in [-0.3, -0.25) is 4.79 Å². The number of benzene rings is 1. The van der Waals surface area contributed by atoms with Crippen LogP contribution in [-0.2, 0) is 4.79 Å². The Balaban J connectivity index is 2.85. The van der Waals surface area contributed by atoms with Gasteiger partial charge in [0.1, 0.15) is 0 Å². The molecule has 3 N–H and O–H groups in total. The highest BCUT2D eigenvalue weighted by molar-refractivity contribution is 6.31. The lowest BCUT2D eigenvalue weighted by atomic mass is 9.81. The quantitative estimate of drug-likeness (QED) is 0.841. The molecular formula is C15H23ClN2O. The van der Waals surface area contributed by atoms with E-state index in [1.165, 1.54) is 0 Å². The Labute approximate surface area is 120 Å². The second-order valence-electron chi connectivity index (χ2n) is 4.91. The van der Waals surface area contributed by atoms with Crippen LogP contribution in [0.25, 0.3) is 0 Å². The van der Waals surface area contributed by atoms with Gasteiger partial charge in [0, 0.05) is 11.6 Å². The second kappa shape index (κ2) is 6.92. The summed E-state index contributed by atoms with van der Waals surface area (Å²) in [5.41, 5.74) is 6.24. The number of nitrogens with one attached hydrogen (secondary N) is 1. The van der Waals surface area contributed by atoms with Crippen LogP contribution < -0.4 is 11.1 Å². The summed E-state index contributed by atoms with van der Waals surface area (Å²) in [4.78, 5) is 12.4. The van der Waals surface area contributed by atoms with Crippen molar-refractivity contribution < 1.29 is 4.79 Å². The minimum absolute atomic E-state index is 0.00687. The van der Waals surface area contributed by atoms with Crippen molar-refractivity contribution in [3.8, 4) is 0 Å². The Hall–Kier alpha value is -1.06. The lowest BCUT2D eigenvalue weighted by Gasteiger charge is -2.30. The molecule has 0 aliphatic rings. The molecule has 0 unspecified atom stereocenters. The smallest absolute Gasteiger partial charge is 0.227 e. The topological polar surface area (TPSA) is 55.1 Å². The standard InChI is InChI=1S/C15H23ClN2O/c1-4-15(5-2,10-17)14(19)18-11(3)12-8-6-7-9-13(12)16/h6-9,11H,4-5,10,17H2,1-3H3,(H,18,19)/t11-/m0/s1. The van der Waals surface area contributed by atoms with Gasteiger partial charge in [0.15, 0.2) is 0 Å². The molecule has 19 heavy (non-hydrogen) atoms. The molecule has 0 heterocycles. The second-order valence-corrected chi connectivity index (χ2v) is 5.32. The monoisotopic (exact) mass is 282 g/mol. The molecule has 1 aromatic carbocycles. The highest BCUT2D eigenvalue weighted by Gasteiger charge is 2.34. The Morgan fingerprint density at radius 1 is 1.37 bits per heavy atom. The predicted octanol–water partition coefficient (Wildman–Crippen LogP) is 3.28. The molecule has 1 aromatic rings. The van der Waals surface area contributed by atoms with Gasteiger partial charge in [-0.25, -0.2) is 0 Å². The largest absolute Gasteiger partial charge is 0.349 e. The number of amides is 1. The summed E-state index contributed by atoms with van der Waals surface area (Å²) in [7, 11) is 0. The summed E-state index contributed by atoms with van der Waals surface area (Å²) in [5.74, 6) is 0.00687. The zero-order valence-electron chi connectivity index (χ0n) is 11.9. The predicted molar refractivity (Wildman–Crippen MR) is 80.1 cm³/mol. The Kier molecular flexibility index (Phi) is 5.83. The van der Waals surface area contributed by atoms with Gasteiger partial charge in [0.2, 0.25) is 5.91 Å². The summed E-state index contributed by atoms with van der Waals surface area (Å²) in [6.45, 7) is 6.29. The molecule has 0 aromatic heterocycles. The molecule has 0 saturated heterocycles. The van der Waals surface area contributed by atoms with Gasteiger partial charge in [-0.2, -0.15) is 0 Å². The third-order valence-corrected chi connectivity index (χ3v) is 4.29. The van der Waals surface area contributed by atoms with Crippen molar-refractivity contribution in [3.63, 3.8) is 0 Å². The van der Waals surface area contributed by atoms with E-state index >= 15 is 0 Å². The SMILES string of the molecule is CCC(CC)(CN)C(=O)N[C@@H](C)c1ccccc1Cl. The van der Waals surface area contributed by atoms with Gasteiger partial charge in [-0.05, 0) is 31.4 Å². The maximum absolute atomic E-state index is 12.4. The van der Waals surface area contributed by atoms with Crippen molar-refractivity contribution in [1.82, 2.24) is 5.32 Å². The summed E-state index contributed by atoms with van der Waals surface area (Å²) in [5, 5.41) is 3.70. The molecule has 0 bridgehead atoms. The van der Waals surface area contributed by atoms with Crippen LogP contribution in [0, 0.1) is 5.41 Å². The van der Waals surface area contributed by atoms with Crippen molar-refractivity contribution in [2.24, 2.45) is 11.1 Å². The fourth-order valence-electron chi connectivity index (χ4n) is 2.21. The van der Waals surface area contributed by atoms with Gasteiger partial charge in [-0.15, -0.1) is 0 Å². The van der Waals surface area contributed by atoms with Crippen LogP contribution in [0.15, 0.2) is 24.3 Å². The van der Waals surface area contributed by atoms with Crippen LogP contribution in [0.4, 0.5) is 0 Å². The first-order valence-electron chi connectivity index (χ1n) is 6.76. The average molecular weight is 283 g/mol. The number of rotatable bonds is 6. The van der Waals surface area contributed by atoms with E-state index in [-0.39, 0.29) is 11.9 Å². The third kappa shape index (κ3) is 3.48. The number of hydrogen-bond acceptors (Lipinski definition) is 2. The normalized spacial score (nSPS) is 13.1. The average Bonchev–Trinajstić information content (AvgIpc) is 2.41. The third-order valence-electron chi connectivity index (χ3n) is 3.95. The zero-order valence-corrected chi connectivity index (χ0v) is 12.6. The van der Waals surface area contributed by atoms with Crippen LogP contribution in [0.3, 0.4) is 0 Å². The molecule has 3 nitrogen and oxygen atoms in total. The van der Waals surface area contributed by atoms with Crippen molar-refractivity contribution >= 4 is 17.5 Å². The van der Waals surface area contributed by atoms with Crippen LogP contribution in [0.1, 0.15) is 45.2 Å². The van der Waals surface area contributed by atoms with Crippen LogP contribution in [-0.4, -0.2) is 12.5 Å². The summed E-state index contributed by atoms with van der Waals surface area (Å²) < 4.78 is 0. The Bertz CT molecular complexity index is 422. The number of hydrogen-bond donors (Lipinski definition) is 2. The molecule has 0 aliphatic carbocycles. The number of carbonyl (C=O) groups is 1. The number of carbonyl (C=O) groups excluding carboxylic acids is 1. The maximum Gasteiger partial charge on any atom is 0.227 e. The van der Waals surface area contributed by atoms with E-state index < -0.39 is 5.41 Å². The highest BCUT2D eigenvalue weighted by Crippen LogP contribution is 2.28. The first-order chi connectivity index (χ1) is 9.00. The van der Waals surface area contributed by atoms with E-state index in [0.717, 1.165) is 18.4 Å². The van der Waals surface area contributed by atoms with Gasteiger partial charge < -0.3 is 11.1 Å².